The van der Waals surface area contributed by atoms with Gasteiger partial charge < -0.3 is 9.57 Å². The largest absolute Gasteiger partial charge is 0.396 e. The van der Waals surface area contributed by atoms with E-state index in [1.54, 1.807) is 0 Å². The first kappa shape index (κ1) is 20.6. The maximum Gasteiger partial charge on any atom is 0.118 e. The van der Waals surface area contributed by atoms with Crippen LogP contribution in [0.25, 0.3) is 0 Å². The van der Waals surface area contributed by atoms with Gasteiger partial charge in [0.05, 0.1) is 18.9 Å². The Kier molecular flexibility index (Phi) is 9.05. The molecule has 3 rings (SSSR count). The number of ether oxygens (including phenoxy) is 1. The third-order valence-electron chi connectivity index (χ3n) is 5.07. The molecule has 1 aliphatic rings. The zero-order chi connectivity index (χ0) is 19.3. The van der Waals surface area contributed by atoms with E-state index in [-0.39, 0.29) is 0 Å². The van der Waals surface area contributed by atoms with Crippen molar-refractivity contribution in [1.82, 2.24) is 4.90 Å². The van der Waals surface area contributed by atoms with Gasteiger partial charge in [-0.2, -0.15) is 0 Å². The van der Waals surface area contributed by atoms with E-state index in [1.165, 1.54) is 5.56 Å². The molecule has 0 amide bonds. The summed E-state index contributed by atoms with van der Waals surface area (Å²) < 4.78 is 5.39. The Balaban J connectivity index is 1.42. The van der Waals surface area contributed by atoms with Crippen LogP contribution >= 0.6 is 0 Å². The van der Waals surface area contributed by atoms with Crippen LogP contribution in [0.1, 0.15) is 36.8 Å². The van der Waals surface area contributed by atoms with Crippen LogP contribution in [0, 0.1) is 0 Å². The van der Waals surface area contributed by atoms with E-state index in [2.05, 4.69) is 64.7 Å². The average Bonchev–Trinajstić information content (AvgIpc) is 2.77. The van der Waals surface area contributed by atoms with Crippen LogP contribution in [0.5, 0.6) is 0 Å². The molecule has 0 N–H and O–H groups in total. The maximum atomic E-state index is 5.69. The summed E-state index contributed by atoms with van der Waals surface area (Å²) in [5, 5.41) is 4.49. The lowest BCUT2D eigenvalue weighted by Crippen LogP contribution is -2.37. The van der Waals surface area contributed by atoms with E-state index in [4.69, 9.17) is 9.57 Å². The number of rotatable bonds is 11. The highest BCUT2D eigenvalue weighted by Gasteiger charge is 2.09. The average molecular weight is 381 g/mol. The van der Waals surface area contributed by atoms with Gasteiger partial charge in [-0.1, -0.05) is 65.8 Å². The molecular weight excluding hydrogens is 348 g/mol. The van der Waals surface area contributed by atoms with Gasteiger partial charge in [-0.25, -0.2) is 0 Å². The van der Waals surface area contributed by atoms with Crippen molar-refractivity contribution in [3.63, 3.8) is 0 Å². The normalized spacial score (nSPS) is 15.5. The minimum absolute atomic E-state index is 0.664. The van der Waals surface area contributed by atoms with Crippen molar-refractivity contribution in [3.8, 4) is 0 Å². The standard InChI is InChI=1S/C24H32N2O2/c1-3-10-22(11-4-1)12-7-8-15-24(23-13-5-2-6-14-23)25-28-19-9-16-26-17-20-27-21-18-26/h1-6,10-11,13-14H,7-9,12,15-21H2/b25-24+. The molecule has 2 aromatic carbocycles. The molecule has 1 aliphatic heterocycles. The van der Waals surface area contributed by atoms with Gasteiger partial charge in [-0.05, 0) is 43.2 Å². The van der Waals surface area contributed by atoms with E-state index >= 15 is 0 Å². The summed E-state index contributed by atoms with van der Waals surface area (Å²) >= 11 is 0. The fourth-order valence-electron chi connectivity index (χ4n) is 3.44. The molecule has 0 atom stereocenters. The first-order chi connectivity index (χ1) is 13.9. The Morgan fingerprint density at radius 3 is 2.36 bits per heavy atom. The van der Waals surface area contributed by atoms with Crippen molar-refractivity contribution >= 4 is 5.71 Å². The number of unbranched alkanes of at least 4 members (excludes halogenated alkanes) is 1. The first-order valence-corrected chi connectivity index (χ1v) is 10.5. The number of morpholine rings is 1. The SMILES string of the molecule is c1ccc(CCCC/C(=N\OCCCN2CCOCC2)c2ccccc2)cc1. The van der Waals surface area contributed by atoms with Crippen LogP contribution in [0.2, 0.25) is 0 Å². The van der Waals surface area contributed by atoms with E-state index in [9.17, 15) is 0 Å². The number of benzene rings is 2. The van der Waals surface area contributed by atoms with Gasteiger partial charge in [0.25, 0.3) is 0 Å². The molecule has 0 saturated carbocycles. The van der Waals surface area contributed by atoms with Gasteiger partial charge in [-0.3, -0.25) is 4.90 Å². The summed E-state index contributed by atoms with van der Waals surface area (Å²) in [5.74, 6) is 0. The third-order valence-corrected chi connectivity index (χ3v) is 5.07. The minimum atomic E-state index is 0.664. The van der Waals surface area contributed by atoms with Crippen LogP contribution in [0.15, 0.2) is 65.8 Å². The number of aryl methyl sites for hydroxylation is 1. The van der Waals surface area contributed by atoms with Gasteiger partial charge in [0.1, 0.15) is 6.61 Å². The lowest BCUT2D eigenvalue weighted by Gasteiger charge is -2.26. The number of hydrogen-bond acceptors (Lipinski definition) is 4. The number of hydrogen-bond donors (Lipinski definition) is 0. The molecule has 0 aliphatic carbocycles. The van der Waals surface area contributed by atoms with Crippen molar-refractivity contribution in [3.05, 3.63) is 71.8 Å². The zero-order valence-electron chi connectivity index (χ0n) is 16.8. The molecule has 0 spiro atoms. The van der Waals surface area contributed by atoms with Gasteiger partial charge in [0, 0.05) is 19.6 Å². The van der Waals surface area contributed by atoms with Crippen LogP contribution < -0.4 is 0 Å². The zero-order valence-corrected chi connectivity index (χ0v) is 16.8. The molecule has 0 radical (unpaired) electrons. The fraction of sp³-hybridized carbons (Fsp3) is 0.458. The Bertz CT molecular complexity index is 682. The minimum Gasteiger partial charge on any atom is -0.396 e. The summed E-state index contributed by atoms with van der Waals surface area (Å²) in [6.45, 7) is 5.47. The number of oxime groups is 1. The summed E-state index contributed by atoms with van der Waals surface area (Å²) in [4.78, 5) is 8.12. The molecule has 2 aromatic rings. The molecule has 1 fully saturated rings. The first-order valence-electron chi connectivity index (χ1n) is 10.5. The Morgan fingerprint density at radius 2 is 1.61 bits per heavy atom. The van der Waals surface area contributed by atoms with Crippen molar-refractivity contribution in [2.45, 2.75) is 32.1 Å². The molecular formula is C24H32N2O2. The molecule has 0 bridgehead atoms. The molecule has 28 heavy (non-hydrogen) atoms. The van der Waals surface area contributed by atoms with E-state index in [1.807, 2.05) is 6.07 Å². The highest BCUT2D eigenvalue weighted by molar-refractivity contribution is 6.00. The van der Waals surface area contributed by atoms with E-state index in [0.717, 1.165) is 76.2 Å². The lowest BCUT2D eigenvalue weighted by atomic mass is 10.0. The second-order valence-corrected chi connectivity index (χ2v) is 7.24. The Hall–Kier alpha value is -2.17. The summed E-state index contributed by atoms with van der Waals surface area (Å²) in [6, 6.07) is 21.1. The smallest absolute Gasteiger partial charge is 0.118 e. The van der Waals surface area contributed by atoms with Crippen LogP contribution in [-0.2, 0) is 16.0 Å². The monoisotopic (exact) mass is 380 g/mol. The Labute approximate surface area is 169 Å². The van der Waals surface area contributed by atoms with Crippen molar-refractivity contribution < 1.29 is 9.57 Å². The molecule has 0 aromatic heterocycles. The second kappa shape index (κ2) is 12.3. The molecule has 150 valence electrons. The fourth-order valence-corrected chi connectivity index (χ4v) is 3.44. The summed E-state index contributed by atoms with van der Waals surface area (Å²) in [6.07, 6.45) is 5.33. The van der Waals surface area contributed by atoms with Gasteiger partial charge in [0.15, 0.2) is 0 Å². The molecule has 4 nitrogen and oxygen atoms in total. The summed E-state index contributed by atoms with van der Waals surface area (Å²) in [5.41, 5.74) is 3.62. The van der Waals surface area contributed by atoms with E-state index in [0.29, 0.717) is 6.61 Å². The third kappa shape index (κ3) is 7.45. The topological polar surface area (TPSA) is 34.1 Å². The molecule has 4 heteroatoms. The quantitative estimate of drug-likeness (QED) is 0.326. The maximum absolute atomic E-state index is 5.69. The van der Waals surface area contributed by atoms with E-state index < -0.39 is 0 Å². The van der Waals surface area contributed by atoms with Crippen molar-refractivity contribution in [2.75, 3.05) is 39.5 Å². The Morgan fingerprint density at radius 1 is 0.893 bits per heavy atom. The van der Waals surface area contributed by atoms with Gasteiger partial charge >= 0.3 is 0 Å². The molecule has 0 unspecified atom stereocenters. The van der Waals surface area contributed by atoms with Crippen LogP contribution in [0.3, 0.4) is 0 Å². The van der Waals surface area contributed by atoms with Crippen LogP contribution in [-0.4, -0.2) is 50.1 Å². The van der Waals surface area contributed by atoms with Gasteiger partial charge in [-0.15, -0.1) is 0 Å². The summed E-state index contributed by atoms with van der Waals surface area (Å²) in [7, 11) is 0. The highest BCUT2D eigenvalue weighted by atomic mass is 16.6. The predicted molar refractivity (Wildman–Crippen MR) is 115 cm³/mol. The molecule has 1 heterocycles. The van der Waals surface area contributed by atoms with Crippen molar-refractivity contribution in [1.29, 1.82) is 0 Å². The second-order valence-electron chi connectivity index (χ2n) is 7.24. The lowest BCUT2D eigenvalue weighted by molar-refractivity contribution is 0.0322. The van der Waals surface area contributed by atoms with Crippen LogP contribution in [0.4, 0.5) is 0 Å². The highest BCUT2D eigenvalue weighted by Crippen LogP contribution is 2.12. The van der Waals surface area contributed by atoms with Crippen molar-refractivity contribution in [2.24, 2.45) is 5.16 Å². The van der Waals surface area contributed by atoms with Gasteiger partial charge in [0.2, 0.25) is 0 Å². The number of nitrogens with zero attached hydrogens (tertiary/aromatic N) is 2. The predicted octanol–water partition coefficient (Wildman–Crippen LogP) is 4.54. The molecule has 1 saturated heterocycles.